The molecule has 0 bridgehead atoms. The van der Waals surface area contributed by atoms with Gasteiger partial charge in [-0.25, -0.2) is 4.79 Å². The van der Waals surface area contributed by atoms with Crippen molar-refractivity contribution in [3.05, 3.63) is 45.7 Å². The van der Waals surface area contributed by atoms with Gasteiger partial charge in [0.15, 0.2) is 16.9 Å². The minimum absolute atomic E-state index is 0.220. The van der Waals surface area contributed by atoms with E-state index in [-0.39, 0.29) is 5.56 Å². The van der Waals surface area contributed by atoms with Gasteiger partial charge in [-0.2, -0.15) is 0 Å². The van der Waals surface area contributed by atoms with Crippen LogP contribution in [0.5, 0.6) is 11.5 Å². The fourth-order valence-electron chi connectivity index (χ4n) is 3.10. The molecular weight excluding hydrogens is 338 g/mol. The van der Waals surface area contributed by atoms with Crippen LogP contribution in [0.15, 0.2) is 29.2 Å². The number of carbonyl (C=O) groups is 1. The number of aryl methyl sites for hydroxylation is 2. The molecule has 138 valence electrons. The maximum Gasteiger partial charge on any atom is 0.341 e. The highest BCUT2D eigenvalue weighted by Gasteiger charge is 2.22. The molecule has 7 heteroatoms. The number of benzene rings is 1. The lowest BCUT2D eigenvalue weighted by Gasteiger charge is -2.24. The Morgan fingerprint density at radius 1 is 1.19 bits per heavy atom. The number of hydrogen-bond acceptors (Lipinski definition) is 5. The first-order valence-corrected chi connectivity index (χ1v) is 8.36. The number of hydrogen-bond donors (Lipinski definition) is 1. The van der Waals surface area contributed by atoms with E-state index >= 15 is 0 Å². The summed E-state index contributed by atoms with van der Waals surface area (Å²) in [4.78, 5) is 23.3. The van der Waals surface area contributed by atoms with Crippen LogP contribution in [0.4, 0.5) is 0 Å². The van der Waals surface area contributed by atoms with Crippen molar-refractivity contribution < 1.29 is 24.1 Å². The number of methoxy groups -OCH3 is 2. The van der Waals surface area contributed by atoms with Crippen LogP contribution >= 0.6 is 0 Å². The van der Waals surface area contributed by atoms with E-state index in [1.54, 1.807) is 18.8 Å². The molecule has 0 unspecified atom stereocenters. The van der Waals surface area contributed by atoms with Crippen LogP contribution < -0.4 is 14.9 Å². The van der Waals surface area contributed by atoms with Gasteiger partial charge in [-0.05, 0) is 24.1 Å². The van der Waals surface area contributed by atoms with Crippen LogP contribution in [0.25, 0.3) is 11.3 Å². The lowest BCUT2D eigenvalue weighted by atomic mass is 9.96. The number of fused-ring (bicyclic) bond motifs is 3. The Morgan fingerprint density at radius 2 is 2.00 bits per heavy atom. The number of aromatic carboxylic acids is 1. The number of carboxylic acid groups (broad SMARTS) is 1. The zero-order chi connectivity index (χ0) is 18.7. The zero-order valence-corrected chi connectivity index (χ0v) is 14.8. The Bertz CT molecular complexity index is 886. The summed E-state index contributed by atoms with van der Waals surface area (Å²) in [5, 5.41) is 9.14. The number of nitrogens with zero attached hydrogens (tertiary/aromatic N) is 1. The van der Waals surface area contributed by atoms with E-state index in [0.717, 1.165) is 17.5 Å². The van der Waals surface area contributed by atoms with Gasteiger partial charge in [-0.1, -0.05) is 0 Å². The van der Waals surface area contributed by atoms with Crippen molar-refractivity contribution in [2.24, 2.45) is 0 Å². The predicted octanol–water partition coefficient (Wildman–Crippen LogP) is 2.19. The largest absolute Gasteiger partial charge is 0.493 e. The average Bonchev–Trinajstić information content (AvgIpc) is 2.63. The molecule has 7 nitrogen and oxygen atoms in total. The first kappa shape index (κ1) is 18.0. The molecule has 2 aromatic rings. The minimum atomic E-state index is -1.21. The summed E-state index contributed by atoms with van der Waals surface area (Å²) < 4.78 is 18.1. The molecule has 1 aromatic heterocycles. The molecule has 0 saturated heterocycles. The van der Waals surface area contributed by atoms with Crippen molar-refractivity contribution in [1.29, 1.82) is 0 Å². The molecule has 1 aliphatic rings. The minimum Gasteiger partial charge on any atom is -0.493 e. The first-order chi connectivity index (χ1) is 12.5. The summed E-state index contributed by atoms with van der Waals surface area (Å²) in [6.45, 7) is 1.73. The molecule has 1 aliphatic heterocycles. The second-order valence-corrected chi connectivity index (χ2v) is 6.04. The van der Waals surface area contributed by atoms with Gasteiger partial charge in [-0.3, -0.25) is 4.79 Å². The van der Waals surface area contributed by atoms with Gasteiger partial charge >= 0.3 is 5.97 Å². The third-order valence-corrected chi connectivity index (χ3v) is 4.40. The zero-order valence-electron chi connectivity index (χ0n) is 14.8. The molecule has 0 atom stereocenters. The van der Waals surface area contributed by atoms with Crippen molar-refractivity contribution in [2.75, 3.05) is 27.4 Å². The SMILES string of the molecule is COCCCOc1cc2c(cc1OC)-c1cc(=O)c(C(=O)O)cn1CC2. The second-order valence-electron chi connectivity index (χ2n) is 6.04. The third-order valence-electron chi connectivity index (χ3n) is 4.40. The van der Waals surface area contributed by atoms with Crippen molar-refractivity contribution >= 4 is 5.97 Å². The van der Waals surface area contributed by atoms with Crippen LogP contribution in [0.1, 0.15) is 22.3 Å². The number of pyridine rings is 1. The molecule has 0 saturated carbocycles. The molecule has 0 amide bonds. The molecule has 3 rings (SSSR count). The van der Waals surface area contributed by atoms with E-state index in [4.69, 9.17) is 19.3 Å². The number of carboxylic acids is 1. The summed E-state index contributed by atoms with van der Waals surface area (Å²) in [6.07, 6.45) is 2.89. The summed E-state index contributed by atoms with van der Waals surface area (Å²) in [6, 6.07) is 5.14. The first-order valence-electron chi connectivity index (χ1n) is 8.36. The van der Waals surface area contributed by atoms with Gasteiger partial charge in [0.25, 0.3) is 0 Å². The fourth-order valence-corrected chi connectivity index (χ4v) is 3.10. The fraction of sp³-hybridized carbons (Fsp3) is 0.368. The lowest BCUT2D eigenvalue weighted by molar-refractivity contribution is 0.0694. The number of ether oxygens (including phenoxy) is 3. The highest BCUT2D eigenvalue weighted by Crippen LogP contribution is 2.38. The summed E-state index contributed by atoms with van der Waals surface area (Å²) in [7, 11) is 3.21. The van der Waals surface area contributed by atoms with E-state index in [1.165, 1.54) is 12.3 Å². The van der Waals surface area contributed by atoms with Gasteiger partial charge in [0.2, 0.25) is 0 Å². The summed E-state index contributed by atoms with van der Waals surface area (Å²) >= 11 is 0. The smallest absolute Gasteiger partial charge is 0.341 e. The normalized spacial score (nSPS) is 12.2. The van der Waals surface area contributed by atoms with E-state index in [2.05, 4.69) is 0 Å². The van der Waals surface area contributed by atoms with Crippen molar-refractivity contribution in [2.45, 2.75) is 19.4 Å². The Kier molecular flexibility index (Phi) is 5.27. The van der Waals surface area contributed by atoms with E-state index in [1.807, 2.05) is 12.1 Å². The van der Waals surface area contributed by atoms with Crippen LogP contribution in [0, 0.1) is 0 Å². The van der Waals surface area contributed by atoms with E-state index < -0.39 is 11.4 Å². The topological polar surface area (TPSA) is 87.0 Å². The maximum absolute atomic E-state index is 12.1. The van der Waals surface area contributed by atoms with Crippen LogP contribution in [0.3, 0.4) is 0 Å². The maximum atomic E-state index is 12.1. The number of rotatable bonds is 7. The summed E-state index contributed by atoms with van der Waals surface area (Å²) in [5.41, 5.74) is 1.85. The molecule has 2 heterocycles. The predicted molar refractivity (Wildman–Crippen MR) is 95.3 cm³/mol. The van der Waals surface area contributed by atoms with E-state index in [9.17, 15) is 9.59 Å². The highest BCUT2D eigenvalue weighted by atomic mass is 16.5. The van der Waals surface area contributed by atoms with Gasteiger partial charge in [0.1, 0.15) is 5.56 Å². The monoisotopic (exact) mass is 359 g/mol. The molecule has 0 fully saturated rings. The van der Waals surface area contributed by atoms with Crippen LogP contribution in [0.2, 0.25) is 0 Å². The molecule has 0 spiro atoms. The van der Waals surface area contributed by atoms with Gasteiger partial charge < -0.3 is 23.9 Å². The Labute approximate surface area is 150 Å². The standard InChI is InChI=1S/C19H21NO6/c1-24-6-3-7-26-18-8-12-4-5-20-11-14(19(22)23)16(21)10-15(20)13(12)9-17(18)25-2/h8-11H,3-7H2,1-2H3,(H,22,23). The molecule has 26 heavy (non-hydrogen) atoms. The van der Waals surface area contributed by atoms with Crippen molar-refractivity contribution in [3.63, 3.8) is 0 Å². The Hall–Kier alpha value is -2.80. The molecule has 1 aromatic carbocycles. The average molecular weight is 359 g/mol. The third kappa shape index (κ3) is 3.43. The second kappa shape index (κ2) is 7.61. The Morgan fingerprint density at radius 3 is 2.69 bits per heavy atom. The summed E-state index contributed by atoms with van der Waals surface area (Å²) in [5.74, 6) is 0.0122. The van der Waals surface area contributed by atoms with Crippen molar-refractivity contribution in [1.82, 2.24) is 4.57 Å². The molecule has 1 N–H and O–H groups in total. The van der Waals surface area contributed by atoms with Gasteiger partial charge in [0.05, 0.1) is 19.4 Å². The van der Waals surface area contributed by atoms with Crippen LogP contribution in [-0.4, -0.2) is 43.1 Å². The van der Waals surface area contributed by atoms with Gasteiger partial charge in [-0.15, -0.1) is 0 Å². The van der Waals surface area contributed by atoms with E-state index in [0.29, 0.717) is 43.4 Å². The lowest BCUT2D eigenvalue weighted by Crippen LogP contribution is -2.22. The quantitative estimate of drug-likeness (QED) is 0.763. The molecule has 0 radical (unpaired) electrons. The molecular formula is C19H21NO6. The highest BCUT2D eigenvalue weighted by molar-refractivity contribution is 5.87. The Balaban J connectivity index is 1.99. The van der Waals surface area contributed by atoms with Crippen molar-refractivity contribution in [3.8, 4) is 22.8 Å². The number of aromatic nitrogens is 1. The molecule has 0 aliphatic carbocycles. The van der Waals surface area contributed by atoms with Crippen LogP contribution in [-0.2, 0) is 17.7 Å². The van der Waals surface area contributed by atoms with Gasteiger partial charge in [0, 0.05) is 44.5 Å².